The van der Waals surface area contributed by atoms with E-state index in [2.05, 4.69) is 13.8 Å². The van der Waals surface area contributed by atoms with Gasteiger partial charge in [0.2, 0.25) is 0 Å². The van der Waals surface area contributed by atoms with Crippen LogP contribution in [0.3, 0.4) is 0 Å². The van der Waals surface area contributed by atoms with Gasteiger partial charge in [-0.05, 0) is 31.4 Å². The Morgan fingerprint density at radius 2 is 1.50 bits per heavy atom. The number of benzene rings is 1. The van der Waals surface area contributed by atoms with E-state index < -0.39 is 5.91 Å². The molecule has 192 valence electrons. The van der Waals surface area contributed by atoms with Crippen LogP contribution >= 0.6 is 0 Å². The Kier molecular flexibility index (Phi) is 13.7. The predicted octanol–water partition coefficient (Wildman–Crippen LogP) is 7.36. The summed E-state index contributed by atoms with van der Waals surface area (Å²) in [6.45, 7) is 4.44. The highest BCUT2D eigenvalue weighted by molar-refractivity contribution is 5.95. The van der Waals surface area contributed by atoms with Crippen molar-refractivity contribution in [3.8, 4) is 5.75 Å². The van der Waals surface area contributed by atoms with Crippen LogP contribution in [0.15, 0.2) is 24.3 Å². The minimum atomic E-state index is -0.485. The van der Waals surface area contributed by atoms with Crippen LogP contribution in [-0.2, 0) is 9.53 Å². The van der Waals surface area contributed by atoms with Gasteiger partial charge in [0.25, 0.3) is 5.91 Å². The molecule has 0 bridgehead atoms. The summed E-state index contributed by atoms with van der Waals surface area (Å²) < 4.78 is 11.9. The number of hydrogen-bond acceptors (Lipinski definition) is 4. The summed E-state index contributed by atoms with van der Waals surface area (Å²) in [5.74, 6) is -0.0410. The van der Waals surface area contributed by atoms with Crippen LogP contribution in [0.1, 0.15) is 127 Å². The molecule has 1 aromatic rings. The number of carbonyl (C=O) groups excluding carboxylic acids is 2. The number of unbranched alkanes of at least 4 members (excludes halogenated alkanes) is 11. The summed E-state index contributed by atoms with van der Waals surface area (Å²) >= 11 is 0. The summed E-state index contributed by atoms with van der Waals surface area (Å²) in [6.07, 6.45) is 18.3. The second-order valence-electron chi connectivity index (χ2n) is 9.88. The smallest absolute Gasteiger partial charge is 0.313 e. The van der Waals surface area contributed by atoms with Crippen molar-refractivity contribution in [2.24, 2.45) is 11.7 Å². The van der Waals surface area contributed by atoms with E-state index in [4.69, 9.17) is 15.2 Å². The van der Waals surface area contributed by atoms with Gasteiger partial charge in [0.05, 0.1) is 11.5 Å². The molecule has 1 fully saturated rings. The number of cyclic esters (lactones) is 1. The molecule has 1 aliphatic rings. The lowest BCUT2D eigenvalue weighted by atomic mass is 9.86. The molecule has 1 saturated heterocycles. The summed E-state index contributed by atoms with van der Waals surface area (Å²) in [6, 6.07) is 7.16. The Morgan fingerprint density at radius 1 is 0.912 bits per heavy atom. The Balaban J connectivity index is 1.87. The molecule has 1 aliphatic heterocycles. The minimum absolute atomic E-state index is 0.0162. The molecule has 34 heavy (non-hydrogen) atoms. The van der Waals surface area contributed by atoms with Crippen LogP contribution in [0.5, 0.6) is 5.75 Å². The average molecular weight is 474 g/mol. The first-order chi connectivity index (χ1) is 16.6. The van der Waals surface area contributed by atoms with Gasteiger partial charge >= 0.3 is 5.97 Å². The molecule has 2 rings (SSSR count). The molecular formula is C29H47NO4. The maximum absolute atomic E-state index is 12.1. The van der Waals surface area contributed by atoms with Gasteiger partial charge in [0.15, 0.2) is 0 Å². The molecule has 1 aromatic carbocycles. The van der Waals surface area contributed by atoms with Gasteiger partial charge < -0.3 is 15.2 Å². The maximum atomic E-state index is 12.1. The molecule has 0 saturated carbocycles. The van der Waals surface area contributed by atoms with Gasteiger partial charge in [0.1, 0.15) is 18.0 Å². The lowest BCUT2D eigenvalue weighted by Crippen LogP contribution is -2.47. The average Bonchev–Trinajstić information content (AvgIpc) is 2.82. The number of rotatable bonds is 20. The number of primary amides is 1. The zero-order chi connectivity index (χ0) is 24.6. The van der Waals surface area contributed by atoms with Crippen LogP contribution < -0.4 is 10.5 Å². The molecule has 0 radical (unpaired) electrons. The molecule has 2 N–H and O–H groups in total. The minimum Gasteiger partial charge on any atom is -0.489 e. The zero-order valence-electron chi connectivity index (χ0n) is 21.6. The van der Waals surface area contributed by atoms with E-state index in [9.17, 15) is 9.59 Å². The zero-order valence-corrected chi connectivity index (χ0v) is 21.6. The highest BCUT2D eigenvalue weighted by atomic mass is 16.6. The molecule has 1 heterocycles. The van der Waals surface area contributed by atoms with Crippen molar-refractivity contribution in [1.29, 1.82) is 0 Å². The van der Waals surface area contributed by atoms with Gasteiger partial charge in [-0.3, -0.25) is 9.59 Å². The van der Waals surface area contributed by atoms with Gasteiger partial charge in [-0.15, -0.1) is 0 Å². The van der Waals surface area contributed by atoms with E-state index in [-0.39, 0.29) is 24.1 Å². The fraction of sp³-hybridized carbons (Fsp3) is 0.724. The number of hydrogen-bond donors (Lipinski definition) is 1. The third kappa shape index (κ3) is 10.1. The fourth-order valence-corrected chi connectivity index (χ4v) is 4.82. The van der Waals surface area contributed by atoms with Gasteiger partial charge in [-0.1, -0.05) is 103 Å². The van der Waals surface area contributed by atoms with Crippen molar-refractivity contribution >= 4 is 11.9 Å². The van der Waals surface area contributed by atoms with Gasteiger partial charge in [0, 0.05) is 6.42 Å². The quantitative estimate of drug-likeness (QED) is 0.158. The molecule has 5 heteroatoms. The van der Waals surface area contributed by atoms with E-state index in [1.807, 2.05) is 6.07 Å². The van der Waals surface area contributed by atoms with Crippen LogP contribution in [0, 0.1) is 5.92 Å². The SMILES string of the molecule is CCCCCCCCCCC[C@@H](C[C@@H]1OC(=O)[C@H]1CCCCCC)Oc1ccccc1C(N)=O. The highest BCUT2D eigenvalue weighted by Crippen LogP contribution is 2.33. The number of esters is 1. The first-order valence-corrected chi connectivity index (χ1v) is 13.8. The molecule has 0 unspecified atom stereocenters. The monoisotopic (exact) mass is 473 g/mol. The highest BCUT2D eigenvalue weighted by Gasteiger charge is 2.43. The largest absolute Gasteiger partial charge is 0.489 e. The van der Waals surface area contributed by atoms with E-state index in [1.165, 1.54) is 64.2 Å². The van der Waals surface area contributed by atoms with Crippen LogP contribution in [-0.4, -0.2) is 24.1 Å². The third-order valence-corrected chi connectivity index (χ3v) is 6.96. The molecule has 5 nitrogen and oxygen atoms in total. The Labute approximate surface area is 207 Å². The van der Waals surface area contributed by atoms with E-state index >= 15 is 0 Å². The van der Waals surface area contributed by atoms with E-state index in [0.29, 0.717) is 17.7 Å². The lowest BCUT2D eigenvalue weighted by molar-refractivity contribution is -0.188. The van der Waals surface area contributed by atoms with Crippen molar-refractivity contribution in [1.82, 2.24) is 0 Å². The standard InChI is InChI=1S/C29H47NO4/c1-3-5-7-9-10-11-12-13-14-18-23(33-26-21-17-16-19-24(26)28(30)31)22-27-25(29(32)34-27)20-15-8-6-4-2/h16-17,19,21,23,25,27H,3-15,18,20,22H2,1-2H3,(H2,30,31)/t23-,25-,27-/m0/s1. The molecule has 3 atom stereocenters. The summed E-state index contributed by atoms with van der Waals surface area (Å²) in [7, 11) is 0. The van der Waals surface area contributed by atoms with E-state index in [0.717, 1.165) is 32.1 Å². The maximum Gasteiger partial charge on any atom is 0.313 e. The summed E-state index contributed by atoms with van der Waals surface area (Å²) in [5, 5.41) is 0. The fourth-order valence-electron chi connectivity index (χ4n) is 4.82. The van der Waals surface area contributed by atoms with Crippen LogP contribution in [0.25, 0.3) is 0 Å². The Morgan fingerprint density at radius 3 is 2.12 bits per heavy atom. The number of para-hydroxylation sites is 1. The van der Waals surface area contributed by atoms with Crippen LogP contribution in [0.2, 0.25) is 0 Å². The number of nitrogens with two attached hydrogens (primary N) is 1. The molecule has 0 aromatic heterocycles. The first kappa shape index (κ1) is 28.2. The van der Waals surface area contributed by atoms with Crippen molar-refractivity contribution in [2.45, 2.75) is 129 Å². The van der Waals surface area contributed by atoms with Crippen molar-refractivity contribution in [2.75, 3.05) is 0 Å². The second kappa shape index (κ2) is 16.6. The van der Waals surface area contributed by atoms with Gasteiger partial charge in [-0.25, -0.2) is 0 Å². The topological polar surface area (TPSA) is 78.6 Å². The molecule has 0 spiro atoms. The second-order valence-corrected chi connectivity index (χ2v) is 9.88. The Bertz CT molecular complexity index is 720. The van der Waals surface area contributed by atoms with Crippen molar-refractivity contribution < 1.29 is 19.1 Å². The molecule has 1 amide bonds. The predicted molar refractivity (Wildman–Crippen MR) is 138 cm³/mol. The molecular weight excluding hydrogens is 426 g/mol. The van der Waals surface area contributed by atoms with Gasteiger partial charge in [-0.2, -0.15) is 0 Å². The Hall–Kier alpha value is -2.04. The number of carbonyl (C=O) groups is 2. The molecule has 0 aliphatic carbocycles. The third-order valence-electron chi connectivity index (χ3n) is 6.96. The lowest BCUT2D eigenvalue weighted by Gasteiger charge is -2.37. The van der Waals surface area contributed by atoms with Crippen molar-refractivity contribution in [3.05, 3.63) is 29.8 Å². The summed E-state index contributed by atoms with van der Waals surface area (Å²) in [4.78, 5) is 23.9. The first-order valence-electron chi connectivity index (χ1n) is 13.8. The normalized spacial score (nSPS) is 18.2. The summed E-state index contributed by atoms with van der Waals surface area (Å²) in [5.41, 5.74) is 5.96. The number of ether oxygens (including phenoxy) is 2. The number of amides is 1. The van der Waals surface area contributed by atoms with Crippen molar-refractivity contribution in [3.63, 3.8) is 0 Å². The van der Waals surface area contributed by atoms with Crippen LogP contribution in [0.4, 0.5) is 0 Å². The van der Waals surface area contributed by atoms with E-state index in [1.54, 1.807) is 18.2 Å².